The van der Waals surface area contributed by atoms with Gasteiger partial charge in [0.05, 0.1) is 15.9 Å². The summed E-state index contributed by atoms with van der Waals surface area (Å²) in [5.41, 5.74) is 7.03. The molecule has 0 aliphatic carbocycles. The van der Waals surface area contributed by atoms with Gasteiger partial charge in [-0.3, -0.25) is 4.79 Å². The lowest BCUT2D eigenvalue weighted by Gasteiger charge is -2.08. The van der Waals surface area contributed by atoms with Crippen LogP contribution in [-0.2, 0) is 0 Å². The van der Waals surface area contributed by atoms with Gasteiger partial charge in [0.25, 0.3) is 5.91 Å². The number of amides is 1. The van der Waals surface area contributed by atoms with E-state index < -0.39 is 0 Å². The molecular weight excluding hydrogens is 368 g/mol. The third kappa shape index (κ3) is 3.31. The predicted molar refractivity (Wildman–Crippen MR) is 115 cm³/mol. The number of carbonyl (C=O) groups excluding carboxylic acids is 1. The summed E-state index contributed by atoms with van der Waals surface area (Å²) < 4.78 is 2.83. The zero-order chi connectivity index (χ0) is 20.0. The SMILES string of the molecule is Cc1cc(C)c2nc(-n3nc(C)cc3NC(=O)c3ccc(C)c(C)c3)sc2c1. The highest BCUT2D eigenvalue weighted by atomic mass is 32.1. The third-order valence-corrected chi connectivity index (χ3v) is 5.82. The van der Waals surface area contributed by atoms with Crippen molar-refractivity contribution in [3.05, 3.63) is 69.9 Å². The van der Waals surface area contributed by atoms with E-state index in [1.165, 1.54) is 5.56 Å². The second-order valence-electron chi connectivity index (χ2n) is 7.26. The first kappa shape index (κ1) is 18.4. The van der Waals surface area contributed by atoms with Crippen molar-refractivity contribution in [1.29, 1.82) is 0 Å². The van der Waals surface area contributed by atoms with Gasteiger partial charge < -0.3 is 5.32 Å². The second kappa shape index (κ2) is 6.87. The molecule has 28 heavy (non-hydrogen) atoms. The summed E-state index contributed by atoms with van der Waals surface area (Å²) in [6.45, 7) is 10.1. The lowest BCUT2D eigenvalue weighted by molar-refractivity contribution is 0.102. The van der Waals surface area contributed by atoms with Gasteiger partial charge >= 0.3 is 0 Å². The molecule has 0 spiro atoms. The van der Waals surface area contributed by atoms with Crippen molar-refractivity contribution in [2.75, 3.05) is 5.32 Å². The van der Waals surface area contributed by atoms with Crippen LogP contribution in [0.25, 0.3) is 15.3 Å². The number of nitrogens with zero attached hydrogens (tertiary/aromatic N) is 3. The number of carbonyl (C=O) groups is 1. The van der Waals surface area contributed by atoms with Crippen LogP contribution in [0.4, 0.5) is 5.82 Å². The maximum atomic E-state index is 12.8. The topological polar surface area (TPSA) is 59.8 Å². The molecule has 2 heterocycles. The average Bonchev–Trinajstić information content (AvgIpc) is 3.20. The Labute approximate surface area is 168 Å². The van der Waals surface area contributed by atoms with Gasteiger partial charge in [-0.2, -0.15) is 9.78 Å². The monoisotopic (exact) mass is 390 g/mol. The van der Waals surface area contributed by atoms with Crippen LogP contribution in [0.5, 0.6) is 0 Å². The molecular formula is C22H22N4OS. The van der Waals surface area contributed by atoms with E-state index in [4.69, 9.17) is 4.98 Å². The zero-order valence-corrected chi connectivity index (χ0v) is 17.4. The summed E-state index contributed by atoms with van der Waals surface area (Å²) >= 11 is 1.57. The zero-order valence-electron chi connectivity index (χ0n) is 16.6. The normalized spacial score (nSPS) is 11.2. The standard InChI is InChI=1S/C22H22N4OS/c1-12-8-15(4)20-18(9-12)28-22(24-20)26-19(11-16(5)25-26)23-21(27)17-7-6-13(2)14(3)10-17/h6-11H,1-5H3,(H,23,27). The van der Waals surface area contributed by atoms with E-state index in [0.29, 0.717) is 11.4 Å². The minimum atomic E-state index is -0.155. The van der Waals surface area contributed by atoms with E-state index in [1.54, 1.807) is 16.0 Å². The summed E-state index contributed by atoms with van der Waals surface area (Å²) in [7, 11) is 0. The lowest BCUT2D eigenvalue weighted by Crippen LogP contribution is -2.15. The van der Waals surface area contributed by atoms with Crippen molar-refractivity contribution in [2.45, 2.75) is 34.6 Å². The van der Waals surface area contributed by atoms with Crippen molar-refractivity contribution >= 4 is 33.3 Å². The lowest BCUT2D eigenvalue weighted by atomic mass is 10.1. The summed E-state index contributed by atoms with van der Waals surface area (Å²) in [6, 6.07) is 11.8. The number of hydrogen-bond donors (Lipinski definition) is 1. The first-order valence-corrected chi connectivity index (χ1v) is 9.97. The molecule has 0 unspecified atom stereocenters. The molecule has 2 aromatic heterocycles. The van der Waals surface area contributed by atoms with Crippen LogP contribution >= 0.6 is 11.3 Å². The number of benzene rings is 2. The quantitative estimate of drug-likeness (QED) is 0.518. The summed E-state index contributed by atoms with van der Waals surface area (Å²) in [5.74, 6) is 0.464. The van der Waals surface area contributed by atoms with Gasteiger partial charge in [0.2, 0.25) is 5.13 Å². The van der Waals surface area contributed by atoms with E-state index in [9.17, 15) is 4.79 Å². The van der Waals surface area contributed by atoms with Gasteiger partial charge in [0.15, 0.2) is 0 Å². The maximum absolute atomic E-state index is 12.8. The minimum absolute atomic E-state index is 0.155. The van der Waals surface area contributed by atoms with Crippen molar-refractivity contribution in [3.63, 3.8) is 0 Å². The van der Waals surface area contributed by atoms with Crippen LogP contribution in [-0.4, -0.2) is 20.7 Å². The molecule has 4 rings (SSSR count). The van der Waals surface area contributed by atoms with Gasteiger partial charge in [-0.15, -0.1) is 0 Å². The van der Waals surface area contributed by atoms with Crippen molar-refractivity contribution in [1.82, 2.24) is 14.8 Å². The van der Waals surface area contributed by atoms with Crippen LogP contribution in [0.15, 0.2) is 36.4 Å². The summed E-state index contributed by atoms with van der Waals surface area (Å²) in [6.07, 6.45) is 0. The number of fused-ring (bicyclic) bond motifs is 1. The maximum Gasteiger partial charge on any atom is 0.256 e. The fourth-order valence-corrected chi connectivity index (χ4v) is 4.36. The summed E-state index contributed by atoms with van der Waals surface area (Å²) in [5, 5.41) is 8.29. The second-order valence-corrected chi connectivity index (χ2v) is 8.27. The predicted octanol–water partition coefficient (Wildman–Crippen LogP) is 5.28. The Morgan fingerprint density at radius 1 is 0.964 bits per heavy atom. The Bertz CT molecular complexity index is 1220. The summed E-state index contributed by atoms with van der Waals surface area (Å²) in [4.78, 5) is 17.5. The molecule has 4 aromatic rings. The Morgan fingerprint density at radius 3 is 2.50 bits per heavy atom. The van der Waals surface area contributed by atoms with Gasteiger partial charge in [0.1, 0.15) is 5.82 Å². The Kier molecular flexibility index (Phi) is 4.51. The first-order chi connectivity index (χ1) is 13.3. The van der Waals surface area contributed by atoms with Crippen molar-refractivity contribution in [3.8, 4) is 5.13 Å². The van der Waals surface area contributed by atoms with Gasteiger partial charge in [-0.25, -0.2) is 4.98 Å². The molecule has 0 atom stereocenters. The number of anilines is 1. The molecule has 6 heteroatoms. The van der Waals surface area contributed by atoms with Crippen LogP contribution in [0.3, 0.4) is 0 Å². The molecule has 1 amide bonds. The van der Waals surface area contributed by atoms with Crippen LogP contribution in [0, 0.1) is 34.6 Å². The molecule has 5 nitrogen and oxygen atoms in total. The molecule has 0 fully saturated rings. The minimum Gasteiger partial charge on any atom is -0.306 e. The Morgan fingerprint density at radius 2 is 1.75 bits per heavy atom. The number of hydrogen-bond acceptors (Lipinski definition) is 4. The van der Waals surface area contributed by atoms with Crippen LogP contribution in [0.2, 0.25) is 0 Å². The first-order valence-electron chi connectivity index (χ1n) is 9.15. The highest BCUT2D eigenvalue weighted by Gasteiger charge is 2.16. The van der Waals surface area contributed by atoms with E-state index in [1.807, 2.05) is 45.0 Å². The number of thiazole rings is 1. The molecule has 0 saturated carbocycles. The van der Waals surface area contributed by atoms with E-state index in [2.05, 4.69) is 36.4 Å². The molecule has 0 aliphatic heterocycles. The average molecular weight is 391 g/mol. The number of nitrogens with one attached hydrogen (secondary N) is 1. The third-order valence-electron chi connectivity index (χ3n) is 4.84. The van der Waals surface area contributed by atoms with E-state index in [-0.39, 0.29) is 5.91 Å². The highest BCUT2D eigenvalue weighted by molar-refractivity contribution is 7.20. The van der Waals surface area contributed by atoms with Crippen LogP contribution in [0.1, 0.15) is 38.3 Å². The Hall–Kier alpha value is -2.99. The molecule has 0 aliphatic rings. The number of rotatable bonds is 3. The van der Waals surface area contributed by atoms with Gasteiger partial charge in [-0.05, 0) is 75.1 Å². The fraction of sp³-hybridized carbons (Fsp3) is 0.227. The molecule has 0 radical (unpaired) electrons. The highest BCUT2D eigenvalue weighted by Crippen LogP contribution is 2.30. The van der Waals surface area contributed by atoms with Gasteiger partial charge in [0, 0.05) is 11.6 Å². The molecule has 0 saturated heterocycles. The largest absolute Gasteiger partial charge is 0.306 e. The number of aromatic nitrogens is 3. The van der Waals surface area contributed by atoms with Crippen molar-refractivity contribution < 1.29 is 4.79 Å². The fourth-order valence-electron chi connectivity index (χ4n) is 3.25. The molecule has 1 N–H and O–H groups in total. The Balaban J connectivity index is 1.72. The van der Waals surface area contributed by atoms with Gasteiger partial charge in [-0.1, -0.05) is 23.5 Å². The molecule has 0 bridgehead atoms. The molecule has 142 valence electrons. The smallest absolute Gasteiger partial charge is 0.256 e. The van der Waals surface area contributed by atoms with Crippen molar-refractivity contribution in [2.24, 2.45) is 0 Å². The van der Waals surface area contributed by atoms with E-state index in [0.717, 1.165) is 37.7 Å². The van der Waals surface area contributed by atoms with Crippen LogP contribution < -0.4 is 5.32 Å². The molecule has 2 aromatic carbocycles. The van der Waals surface area contributed by atoms with E-state index >= 15 is 0 Å². The number of aryl methyl sites for hydroxylation is 5.